The highest BCUT2D eigenvalue weighted by Crippen LogP contribution is 2.48. The SMILES string of the molecule is Cc1ccccc1-c1cc(-c2ccc(C)c(-c3c(C)c4ccc5oc6ccccc6c5c4c4c3oc3ccccc34)c2)ccc1C. The van der Waals surface area contributed by atoms with Gasteiger partial charge in [-0.25, -0.2) is 0 Å². The number of hydrogen-bond acceptors (Lipinski definition) is 2. The summed E-state index contributed by atoms with van der Waals surface area (Å²) < 4.78 is 13.2. The molecule has 46 heavy (non-hydrogen) atoms. The minimum absolute atomic E-state index is 0.894. The van der Waals surface area contributed by atoms with Crippen LogP contribution < -0.4 is 0 Å². The predicted molar refractivity (Wildman–Crippen MR) is 194 cm³/mol. The summed E-state index contributed by atoms with van der Waals surface area (Å²) in [4.78, 5) is 0. The molecule has 2 nitrogen and oxygen atoms in total. The Bertz CT molecular complexity index is 2680. The summed E-state index contributed by atoms with van der Waals surface area (Å²) in [6.45, 7) is 8.83. The average Bonchev–Trinajstić information content (AvgIpc) is 3.65. The van der Waals surface area contributed by atoms with Gasteiger partial charge in [0, 0.05) is 32.5 Å². The standard InChI is InChI=1S/C44H32O2/c1-25-11-5-6-12-31(25)35-23-29(19-17-26(35)2)30-20-18-27(3)36(24-30)40-28(4)32-21-22-39-41(33-13-7-9-15-37(33)45-39)42(32)43-34-14-8-10-16-38(34)46-44(40)43/h5-24H,1-4H3. The zero-order valence-electron chi connectivity index (χ0n) is 26.4. The van der Waals surface area contributed by atoms with E-state index < -0.39 is 0 Å². The molecule has 0 aliphatic carbocycles. The molecule has 2 heterocycles. The van der Waals surface area contributed by atoms with Crippen LogP contribution in [0.1, 0.15) is 22.3 Å². The smallest absolute Gasteiger partial charge is 0.144 e. The zero-order valence-corrected chi connectivity index (χ0v) is 26.4. The molecule has 7 aromatic carbocycles. The van der Waals surface area contributed by atoms with Gasteiger partial charge in [0.1, 0.15) is 22.3 Å². The Morgan fingerprint density at radius 2 is 0.978 bits per heavy atom. The summed E-state index contributed by atoms with van der Waals surface area (Å²) in [5.41, 5.74) is 15.9. The first-order chi connectivity index (χ1) is 22.5. The first kappa shape index (κ1) is 26.8. The summed E-state index contributed by atoms with van der Waals surface area (Å²) >= 11 is 0. The molecule has 0 amide bonds. The number of hydrogen-bond donors (Lipinski definition) is 0. The van der Waals surface area contributed by atoms with Crippen molar-refractivity contribution in [2.24, 2.45) is 0 Å². The van der Waals surface area contributed by atoms with Gasteiger partial charge in [-0.3, -0.25) is 0 Å². The lowest BCUT2D eigenvalue weighted by molar-refractivity contribution is 0.669. The summed E-state index contributed by atoms with van der Waals surface area (Å²) in [6.07, 6.45) is 0. The number of aryl methyl sites for hydroxylation is 4. The van der Waals surface area contributed by atoms with Crippen molar-refractivity contribution < 1.29 is 8.83 Å². The van der Waals surface area contributed by atoms with Crippen LogP contribution in [-0.4, -0.2) is 0 Å². The van der Waals surface area contributed by atoms with Gasteiger partial charge in [-0.2, -0.15) is 0 Å². The van der Waals surface area contributed by atoms with Crippen molar-refractivity contribution in [3.05, 3.63) is 144 Å². The number of fused-ring (bicyclic) bond motifs is 9. The fraction of sp³-hybridized carbons (Fsp3) is 0.0909. The molecule has 0 radical (unpaired) electrons. The molecule has 0 spiro atoms. The van der Waals surface area contributed by atoms with Crippen molar-refractivity contribution in [3.8, 4) is 33.4 Å². The van der Waals surface area contributed by atoms with Crippen molar-refractivity contribution in [1.29, 1.82) is 0 Å². The maximum absolute atomic E-state index is 6.84. The Morgan fingerprint density at radius 3 is 1.72 bits per heavy atom. The summed E-state index contributed by atoms with van der Waals surface area (Å²) in [5, 5.41) is 6.95. The normalized spacial score (nSPS) is 11.9. The van der Waals surface area contributed by atoms with Gasteiger partial charge >= 0.3 is 0 Å². The number of furan rings is 2. The van der Waals surface area contributed by atoms with E-state index >= 15 is 0 Å². The second-order valence-corrected chi connectivity index (χ2v) is 12.6. The van der Waals surface area contributed by atoms with E-state index in [1.165, 1.54) is 60.8 Å². The van der Waals surface area contributed by atoms with E-state index in [0.29, 0.717) is 0 Å². The predicted octanol–water partition coefficient (Wildman–Crippen LogP) is 12.9. The van der Waals surface area contributed by atoms with Crippen LogP contribution in [0.2, 0.25) is 0 Å². The number of benzene rings is 7. The Hall–Kier alpha value is -5.60. The van der Waals surface area contributed by atoms with Crippen LogP contribution >= 0.6 is 0 Å². The second-order valence-electron chi connectivity index (χ2n) is 12.6. The Balaban J connectivity index is 1.36. The molecule has 0 unspecified atom stereocenters. The number of para-hydroxylation sites is 2. The first-order valence-corrected chi connectivity index (χ1v) is 15.9. The summed E-state index contributed by atoms with van der Waals surface area (Å²) in [6, 6.07) is 43.5. The highest BCUT2D eigenvalue weighted by Gasteiger charge is 2.24. The third-order valence-electron chi connectivity index (χ3n) is 9.91. The highest BCUT2D eigenvalue weighted by molar-refractivity contribution is 6.33. The van der Waals surface area contributed by atoms with Crippen molar-refractivity contribution in [2.75, 3.05) is 0 Å². The van der Waals surface area contributed by atoms with Crippen molar-refractivity contribution in [3.63, 3.8) is 0 Å². The maximum Gasteiger partial charge on any atom is 0.144 e. The van der Waals surface area contributed by atoms with Crippen molar-refractivity contribution in [1.82, 2.24) is 0 Å². The van der Waals surface area contributed by atoms with Gasteiger partial charge < -0.3 is 8.83 Å². The Labute approximate surface area is 267 Å². The van der Waals surface area contributed by atoms with E-state index in [1.807, 2.05) is 6.07 Å². The molecule has 9 rings (SSSR count). The number of rotatable bonds is 3. The molecular formula is C44H32O2. The summed E-state index contributed by atoms with van der Waals surface area (Å²) in [5.74, 6) is 0. The molecule has 0 fully saturated rings. The molecule has 0 aliphatic heterocycles. The second kappa shape index (κ2) is 9.95. The molecule has 2 aromatic heterocycles. The van der Waals surface area contributed by atoms with E-state index in [0.717, 1.165) is 49.4 Å². The lowest BCUT2D eigenvalue weighted by Gasteiger charge is -2.17. The van der Waals surface area contributed by atoms with Crippen LogP contribution in [0.15, 0.2) is 130 Å². The van der Waals surface area contributed by atoms with Crippen LogP contribution in [0.5, 0.6) is 0 Å². The van der Waals surface area contributed by atoms with Gasteiger partial charge in [-0.1, -0.05) is 91.0 Å². The minimum Gasteiger partial charge on any atom is -0.456 e. The van der Waals surface area contributed by atoms with Crippen LogP contribution in [-0.2, 0) is 0 Å². The van der Waals surface area contributed by atoms with Crippen LogP contribution in [0.3, 0.4) is 0 Å². The van der Waals surface area contributed by atoms with Crippen LogP contribution in [0.4, 0.5) is 0 Å². The highest BCUT2D eigenvalue weighted by atomic mass is 16.3. The van der Waals surface area contributed by atoms with Gasteiger partial charge in [-0.05, 0) is 113 Å². The van der Waals surface area contributed by atoms with Crippen molar-refractivity contribution >= 4 is 54.6 Å². The molecule has 0 atom stereocenters. The van der Waals surface area contributed by atoms with Crippen LogP contribution in [0.25, 0.3) is 88.0 Å². The molecule has 2 heteroatoms. The van der Waals surface area contributed by atoms with Gasteiger partial charge in [0.2, 0.25) is 0 Å². The minimum atomic E-state index is 0.894. The fourth-order valence-electron chi connectivity index (χ4n) is 7.53. The molecule has 9 aromatic rings. The van der Waals surface area contributed by atoms with Crippen LogP contribution in [0, 0.1) is 27.7 Å². The van der Waals surface area contributed by atoms with Gasteiger partial charge in [0.05, 0.1) is 0 Å². The van der Waals surface area contributed by atoms with E-state index in [-0.39, 0.29) is 0 Å². The molecular weight excluding hydrogens is 560 g/mol. The lowest BCUT2D eigenvalue weighted by Crippen LogP contribution is -1.93. The zero-order chi connectivity index (χ0) is 31.1. The Morgan fingerprint density at radius 1 is 0.391 bits per heavy atom. The first-order valence-electron chi connectivity index (χ1n) is 15.9. The topological polar surface area (TPSA) is 26.3 Å². The van der Waals surface area contributed by atoms with Gasteiger partial charge in [0.25, 0.3) is 0 Å². The van der Waals surface area contributed by atoms with E-state index in [4.69, 9.17) is 8.83 Å². The fourth-order valence-corrected chi connectivity index (χ4v) is 7.53. The van der Waals surface area contributed by atoms with Gasteiger partial charge in [-0.15, -0.1) is 0 Å². The van der Waals surface area contributed by atoms with E-state index in [1.54, 1.807) is 0 Å². The third kappa shape index (κ3) is 3.83. The molecule has 0 saturated carbocycles. The largest absolute Gasteiger partial charge is 0.456 e. The average molecular weight is 593 g/mol. The van der Waals surface area contributed by atoms with Crippen molar-refractivity contribution in [2.45, 2.75) is 27.7 Å². The van der Waals surface area contributed by atoms with E-state index in [2.05, 4.69) is 143 Å². The monoisotopic (exact) mass is 592 g/mol. The molecule has 0 bridgehead atoms. The lowest BCUT2D eigenvalue weighted by atomic mass is 9.86. The van der Waals surface area contributed by atoms with E-state index in [9.17, 15) is 0 Å². The Kier molecular flexibility index (Phi) is 5.79. The molecule has 0 aliphatic rings. The molecule has 220 valence electrons. The molecule has 0 saturated heterocycles. The third-order valence-corrected chi connectivity index (χ3v) is 9.91. The molecule has 0 N–H and O–H groups in total. The summed E-state index contributed by atoms with van der Waals surface area (Å²) in [7, 11) is 0. The maximum atomic E-state index is 6.84. The van der Waals surface area contributed by atoms with Gasteiger partial charge in [0.15, 0.2) is 0 Å². The quantitative estimate of drug-likeness (QED) is 0.204.